The van der Waals surface area contributed by atoms with Gasteiger partial charge in [-0.3, -0.25) is 9.59 Å². The minimum atomic E-state index is -1.08. The molecule has 2 aliphatic heterocycles. The Hall–Kier alpha value is -2.59. The smallest absolute Gasteiger partial charge is 0.445 e. The highest BCUT2D eigenvalue weighted by atomic mass is 16.7. The highest BCUT2D eigenvalue weighted by Crippen LogP contribution is 2.50. The zero-order valence-electron chi connectivity index (χ0n) is 27.5. The first kappa shape index (κ1) is 33.3. The lowest BCUT2D eigenvalue weighted by atomic mass is 9.62. The molecule has 0 bridgehead atoms. The SMILES string of the molecule is CC(=O)NC1(C(=O)NC(C)(C)C)CCC2(CCCN2C(=O)OCc2ccccc2)CC1CCCB1OC(C)(C)C(C)(C)O1. The Kier molecular flexibility index (Phi) is 9.63. The van der Waals surface area contributed by atoms with Crippen molar-refractivity contribution in [2.24, 2.45) is 5.92 Å². The quantitative estimate of drug-likeness (QED) is 0.377. The molecule has 3 fully saturated rings. The third kappa shape index (κ3) is 7.39. The minimum absolute atomic E-state index is 0.165. The molecule has 1 saturated carbocycles. The molecule has 2 heterocycles. The lowest BCUT2D eigenvalue weighted by Crippen LogP contribution is -2.69. The van der Waals surface area contributed by atoms with Crippen LogP contribution >= 0.6 is 0 Å². The van der Waals surface area contributed by atoms with Crippen LogP contribution in [0.1, 0.15) is 106 Å². The van der Waals surface area contributed by atoms with Crippen molar-refractivity contribution >= 4 is 25.0 Å². The van der Waals surface area contributed by atoms with Crippen LogP contribution in [0.5, 0.6) is 0 Å². The molecule has 10 heteroatoms. The van der Waals surface area contributed by atoms with Crippen molar-refractivity contribution in [3.8, 4) is 0 Å². The molecule has 4 rings (SSSR count). The van der Waals surface area contributed by atoms with E-state index in [0.29, 0.717) is 38.5 Å². The van der Waals surface area contributed by atoms with Crippen molar-refractivity contribution in [2.45, 2.75) is 141 Å². The van der Waals surface area contributed by atoms with Gasteiger partial charge in [0.25, 0.3) is 0 Å². The second-order valence-electron chi connectivity index (χ2n) is 14.9. The molecule has 0 aromatic heterocycles. The minimum Gasteiger partial charge on any atom is -0.445 e. The summed E-state index contributed by atoms with van der Waals surface area (Å²) in [4.78, 5) is 42.1. The fourth-order valence-electron chi connectivity index (χ4n) is 7.11. The van der Waals surface area contributed by atoms with E-state index in [9.17, 15) is 14.4 Å². The van der Waals surface area contributed by atoms with Crippen LogP contribution in [0.2, 0.25) is 6.32 Å². The molecule has 9 nitrogen and oxygen atoms in total. The second-order valence-corrected chi connectivity index (χ2v) is 14.9. The summed E-state index contributed by atoms with van der Waals surface area (Å²) in [7, 11) is -0.336. The average molecular weight is 598 g/mol. The summed E-state index contributed by atoms with van der Waals surface area (Å²) in [5, 5.41) is 6.28. The van der Waals surface area contributed by atoms with Crippen molar-refractivity contribution in [3.63, 3.8) is 0 Å². The standard InChI is InChI=1S/C33H52BN3O6/c1-24(38)35-33(27(39)36-29(2,3)4)19-18-32(17-13-21-37(32)28(40)41-23-25-14-10-9-11-15-25)22-26(33)16-12-20-34-42-30(5,6)31(7,8)43-34/h9-11,14-15,26H,12-13,16-23H2,1-8H3,(H,35,38)(H,36,39). The van der Waals surface area contributed by atoms with E-state index in [0.717, 1.165) is 24.8 Å². The van der Waals surface area contributed by atoms with Crippen LogP contribution in [0.4, 0.5) is 4.79 Å². The Labute approximate surface area is 258 Å². The largest absolute Gasteiger partial charge is 0.457 e. The molecule has 1 aromatic rings. The zero-order valence-corrected chi connectivity index (χ0v) is 27.5. The number of nitrogens with one attached hydrogen (secondary N) is 2. The van der Waals surface area contributed by atoms with E-state index in [4.69, 9.17) is 14.0 Å². The van der Waals surface area contributed by atoms with Gasteiger partial charge in [-0.1, -0.05) is 36.8 Å². The molecule has 2 saturated heterocycles. The fraction of sp³-hybridized carbons (Fsp3) is 0.727. The molecule has 0 radical (unpaired) electrons. The van der Waals surface area contributed by atoms with Crippen LogP contribution in [0, 0.1) is 5.92 Å². The number of hydrogen-bond donors (Lipinski definition) is 2. The summed E-state index contributed by atoms with van der Waals surface area (Å²) < 4.78 is 18.3. The number of amides is 3. The first-order chi connectivity index (χ1) is 20.0. The van der Waals surface area contributed by atoms with Crippen molar-refractivity contribution in [2.75, 3.05) is 6.54 Å². The highest BCUT2D eigenvalue weighted by Gasteiger charge is 2.58. The van der Waals surface area contributed by atoms with Gasteiger partial charge in [-0.25, -0.2) is 4.79 Å². The highest BCUT2D eigenvalue weighted by molar-refractivity contribution is 6.45. The van der Waals surface area contributed by atoms with Gasteiger partial charge in [0, 0.05) is 24.5 Å². The van der Waals surface area contributed by atoms with E-state index >= 15 is 0 Å². The van der Waals surface area contributed by atoms with E-state index in [-0.39, 0.29) is 37.6 Å². The predicted molar refractivity (Wildman–Crippen MR) is 167 cm³/mol. The summed E-state index contributed by atoms with van der Waals surface area (Å²) >= 11 is 0. The van der Waals surface area contributed by atoms with Crippen LogP contribution in [0.3, 0.4) is 0 Å². The van der Waals surface area contributed by atoms with Gasteiger partial charge < -0.3 is 29.6 Å². The molecule has 3 unspecified atom stereocenters. The molecule has 43 heavy (non-hydrogen) atoms. The van der Waals surface area contributed by atoms with Crippen LogP contribution < -0.4 is 10.6 Å². The number of carbonyl (C=O) groups excluding carboxylic acids is 3. The summed E-state index contributed by atoms with van der Waals surface area (Å²) in [6, 6.07) is 9.69. The predicted octanol–water partition coefficient (Wildman–Crippen LogP) is 5.62. The summed E-state index contributed by atoms with van der Waals surface area (Å²) in [6.07, 6.45) is 5.17. The molecule has 1 aliphatic carbocycles. The maximum absolute atomic E-state index is 14.1. The van der Waals surface area contributed by atoms with Gasteiger partial charge in [-0.05, 0) is 105 Å². The van der Waals surface area contributed by atoms with E-state index < -0.39 is 27.8 Å². The number of nitrogens with zero attached hydrogens (tertiary/aromatic N) is 1. The zero-order chi connectivity index (χ0) is 31.7. The van der Waals surface area contributed by atoms with E-state index in [2.05, 4.69) is 10.6 Å². The Balaban J connectivity index is 1.56. The topological polar surface area (TPSA) is 106 Å². The third-order valence-electron chi connectivity index (χ3n) is 9.92. The van der Waals surface area contributed by atoms with Crippen molar-refractivity contribution in [1.29, 1.82) is 0 Å². The van der Waals surface area contributed by atoms with Crippen molar-refractivity contribution < 1.29 is 28.4 Å². The van der Waals surface area contributed by atoms with Crippen molar-refractivity contribution in [3.05, 3.63) is 35.9 Å². The molecule has 2 N–H and O–H groups in total. The van der Waals surface area contributed by atoms with Crippen LogP contribution in [0.15, 0.2) is 30.3 Å². The van der Waals surface area contributed by atoms with Crippen LogP contribution in [0.25, 0.3) is 0 Å². The maximum atomic E-state index is 14.1. The number of likely N-dealkylation sites (tertiary alicyclic amines) is 1. The van der Waals surface area contributed by atoms with Gasteiger partial charge in [-0.2, -0.15) is 0 Å². The molecule has 238 valence electrons. The van der Waals surface area contributed by atoms with Gasteiger partial charge in [0.2, 0.25) is 11.8 Å². The fourth-order valence-corrected chi connectivity index (χ4v) is 7.11. The third-order valence-corrected chi connectivity index (χ3v) is 9.92. The van der Waals surface area contributed by atoms with Gasteiger partial charge in [0.15, 0.2) is 0 Å². The number of hydrogen-bond acceptors (Lipinski definition) is 6. The van der Waals surface area contributed by atoms with Gasteiger partial charge >= 0.3 is 13.2 Å². The maximum Gasteiger partial charge on any atom is 0.457 e. The summed E-state index contributed by atoms with van der Waals surface area (Å²) in [6.45, 7) is 16.3. The number of carbonyl (C=O) groups is 3. The normalized spacial score (nSPS) is 28.1. The molecule has 3 aliphatic rings. The van der Waals surface area contributed by atoms with Gasteiger partial charge in [-0.15, -0.1) is 0 Å². The Morgan fingerprint density at radius 1 is 1.02 bits per heavy atom. The first-order valence-corrected chi connectivity index (χ1v) is 15.9. The Morgan fingerprint density at radius 3 is 2.28 bits per heavy atom. The van der Waals surface area contributed by atoms with Crippen molar-refractivity contribution in [1.82, 2.24) is 15.5 Å². The molecule has 3 amide bonds. The molecular weight excluding hydrogens is 545 g/mol. The van der Waals surface area contributed by atoms with Gasteiger partial charge in [0.1, 0.15) is 12.1 Å². The van der Waals surface area contributed by atoms with Gasteiger partial charge in [0.05, 0.1) is 11.2 Å². The molecular formula is C33H52BN3O6. The van der Waals surface area contributed by atoms with Crippen LogP contribution in [-0.2, 0) is 30.2 Å². The number of benzene rings is 1. The van der Waals surface area contributed by atoms with Crippen LogP contribution in [-0.4, -0.2) is 64.3 Å². The molecule has 1 aromatic carbocycles. The summed E-state index contributed by atoms with van der Waals surface area (Å²) in [5.41, 5.74) is -1.86. The Morgan fingerprint density at radius 2 is 1.67 bits per heavy atom. The summed E-state index contributed by atoms with van der Waals surface area (Å²) in [5.74, 6) is -0.596. The first-order valence-electron chi connectivity index (χ1n) is 15.9. The lowest BCUT2D eigenvalue weighted by molar-refractivity contribution is -0.140. The van der Waals surface area contributed by atoms with E-state index in [1.165, 1.54) is 6.92 Å². The molecule has 3 atom stereocenters. The van der Waals surface area contributed by atoms with E-state index in [1.807, 2.05) is 83.7 Å². The number of ether oxygens (including phenoxy) is 1. The average Bonchev–Trinajstić information content (AvgIpc) is 3.39. The number of rotatable bonds is 8. The monoisotopic (exact) mass is 597 g/mol. The molecule has 1 spiro atoms. The van der Waals surface area contributed by atoms with E-state index in [1.54, 1.807) is 0 Å². The lowest BCUT2D eigenvalue weighted by Gasteiger charge is -2.52. The second kappa shape index (κ2) is 12.4. The Bertz CT molecular complexity index is 1150.